The molecule has 156 valence electrons. The lowest BCUT2D eigenvalue weighted by atomic mass is 10.2. The molecule has 0 radical (unpaired) electrons. The second kappa shape index (κ2) is 7.21. The van der Waals surface area contributed by atoms with Crippen molar-refractivity contribution < 1.29 is 22.5 Å². The van der Waals surface area contributed by atoms with Crippen LogP contribution in [0.25, 0.3) is 22.6 Å². The van der Waals surface area contributed by atoms with Crippen LogP contribution in [0.5, 0.6) is 0 Å². The number of amidine groups is 1. The molecule has 0 unspecified atom stereocenters. The molecule has 9 nitrogen and oxygen atoms in total. The molecule has 1 amide bonds. The number of H-pyrrole nitrogens is 1. The van der Waals surface area contributed by atoms with Crippen LogP contribution in [0.1, 0.15) is 24.3 Å². The average molecular weight is 419 g/mol. The van der Waals surface area contributed by atoms with Gasteiger partial charge in [-0.2, -0.15) is 13.2 Å². The molecule has 0 saturated heterocycles. The summed E-state index contributed by atoms with van der Waals surface area (Å²) in [6.07, 6.45) is -3.03. The number of hydrogen-bond donors (Lipinski definition) is 4. The van der Waals surface area contributed by atoms with Crippen molar-refractivity contribution >= 4 is 22.8 Å². The summed E-state index contributed by atoms with van der Waals surface area (Å²) in [4.78, 5) is 23.3. The topological polar surface area (TPSA) is 134 Å². The Kier molecular flexibility index (Phi) is 4.68. The van der Waals surface area contributed by atoms with Crippen LogP contribution in [0.15, 0.2) is 45.6 Å². The molecule has 2 aromatic heterocycles. The zero-order chi connectivity index (χ0) is 21.5. The van der Waals surface area contributed by atoms with E-state index in [1.807, 2.05) is 0 Å². The Balaban J connectivity index is 1.52. The predicted molar refractivity (Wildman–Crippen MR) is 101 cm³/mol. The Labute approximate surface area is 167 Å². The minimum absolute atomic E-state index is 0.202. The van der Waals surface area contributed by atoms with Gasteiger partial charge in [-0.05, 0) is 25.1 Å². The van der Waals surface area contributed by atoms with E-state index in [-0.39, 0.29) is 29.5 Å². The number of halogens is 3. The first-order chi connectivity index (χ1) is 14.2. The van der Waals surface area contributed by atoms with E-state index >= 15 is 0 Å². The number of fused-ring (bicyclic) bond motifs is 1. The minimum Gasteiger partial charge on any atom is -0.384 e. The number of carbonyl (C=O) groups is 1. The second-order valence-electron chi connectivity index (χ2n) is 6.60. The fraction of sp³-hybridized carbons (Fsp3) is 0.222. The number of alkyl halides is 3. The van der Waals surface area contributed by atoms with Crippen molar-refractivity contribution in [1.29, 1.82) is 0 Å². The number of nitrogens with two attached hydrogens (primary N) is 1. The van der Waals surface area contributed by atoms with Gasteiger partial charge in [-0.25, -0.2) is 9.98 Å². The summed E-state index contributed by atoms with van der Waals surface area (Å²) >= 11 is 0. The van der Waals surface area contributed by atoms with Crippen molar-refractivity contribution in [1.82, 2.24) is 25.8 Å². The number of nitrogens with one attached hydrogen (secondary N) is 3. The molecule has 3 heterocycles. The van der Waals surface area contributed by atoms with Gasteiger partial charge >= 0.3 is 6.18 Å². The molecule has 30 heavy (non-hydrogen) atoms. The van der Waals surface area contributed by atoms with E-state index in [0.717, 1.165) is 12.1 Å². The van der Waals surface area contributed by atoms with Crippen LogP contribution in [-0.4, -0.2) is 33.5 Å². The summed E-state index contributed by atoms with van der Waals surface area (Å²) in [7, 11) is 0. The largest absolute Gasteiger partial charge is 0.416 e. The van der Waals surface area contributed by atoms with Crippen LogP contribution in [0.2, 0.25) is 0 Å². The lowest BCUT2D eigenvalue weighted by Crippen LogP contribution is -2.36. The first-order valence-corrected chi connectivity index (χ1v) is 8.81. The number of benzene rings is 1. The third kappa shape index (κ3) is 3.83. The van der Waals surface area contributed by atoms with E-state index in [1.165, 1.54) is 12.1 Å². The van der Waals surface area contributed by atoms with E-state index in [0.29, 0.717) is 17.0 Å². The molecule has 4 rings (SSSR count). The van der Waals surface area contributed by atoms with Gasteiger partial charge < -0.3 is 25.9 Å². The molecule has 0 aliphatic carbocycles. The zero-order valence-corrected chi connectivity index (χ0v) is 15.5. The molecule has 0 saturated carbocycles. The maximum atomic E-state index is 12.9. The van der Waals surface area contributed by atoms with Crippen molar-refractivity contribution in [3.05, 3.63) is 47.4 Å². The number of imidazole rings is 1. The molecule has 1 aliphatic heterocycles. The van der Waals surface area contributed by atoms with Crippen molar-refractivity contribution in [2.75, 3.05) is 6.67 Å². The summed E-state index contributed by atoms with van der Waals surface area (Å²) in [5.74, 6) is 0.431. The lowest BCUT2D eigenvalue weighted by Gasteiger charge is -2.16. The number of aromatic amines is 1. The van der Waals surface area contributed by atoms with Crippen LogP contribution >= 0.6 is 0 Å². The molecule has 1 aliphatic rings. The fourth-order valence-electron chi connectivity index (χ4n) is 2.86. The predicted octanol–water partition coefficient (Wildman–Crippen LogP) is 2.22. The van der Waals surface area contributed by atoms with E-state index in [4.69, 9.17) is 10.3 Å². The quantitative estimate of drug-likeness (QED) is 0.512. The summed E-state index contributed by atoms with van der Waals surface area (Å²) in [5, 5.41) is 9.43. The van der Waals surface area contributed by atoms with Gasteiger partial charge in [-0.3, -0.25) is 4.79 Å². The minimum atomic E-state index is -4.45. The molecular weight excluding hydrogens is 403 g/mol. The van der Waals surface area contributed by atoms with Crippen molar-refractivity contribution in [2.45, 2.75) is 19.1 Å². The van der Waals surface area contributed by atoms with Crippen LogP contribution in [0, 0.1) is 0 Å². The highest BCUT2D eigenvalue weighted by molar-refractivity contribution is 6.02. The number of hydrogen-bond acceptors (Lipinski definition) is 7. The average Bonchev–Trinajstić information content (AvgIpc) is 3.33. The first kappa shape index (κ1) is 19.5. The van der Waals surface area contributed by atoms with Gasteiger partial charge in [0.2, 0.25) is 0 Å². The number of nitrogens with zero attached hydrogens (tertiary/aromatic N) is 3. The fourth-order valence-corrected chi connectivity index (χ4v) is 2.86. The zero-order valence-electron chi connectivity index (χ0n) is 15.5. The molecule has 0 bridgehead atoms. The van der Waals surface area contributed by atoms with Gasteiger partial charge in [0.25, 0.3) is 5.91 Å². The van der Waals surface area contributed by atoms with Crippen LogP contribution in [0.3, 0.4) is 0 Å². The molecule has 12 heteroatoms. The molecular formula is C18H16F3N7O2. The highest BCUT2D eigenvalue weighted by Gasteiger charge is 2.31. The highest BCUT2D eigenvalue weighted by Crippen LogP contribution is 2.31. The standard InChI is InChI=1S/C18H16F3N7O2/c1-8(25-17(29)13-6-15(22)24-7-23-13)14-5-12(28-30-14)16-26-10-3-2-9(18(19,20)21)4-11(10)27-16/h2-6,8,23H,7H2,1H3,(H2,22,24)(H,25,29)(H,26,27)/t8-/m0/s1. The number of aliphatic imine (C=N–C) groups is 1. The monoisotopic (exact) mass is 419 g/mol. The Hall–Kier alpha value is -3.83. The first-order valence-electron chi connectivity index (χ1n) is 8.81. The molecule has 0 spiro atoms. The van der Waals surface area contributed by atoms with E-state index in [2.05, 4.69) is 30.8 Å². The van der Waals surface area contributed by atoms with Crippen LogP contribution in [0.4, 0.5) is 13.2 Å². The normalized spacial score (nSPS) is 15.3. The molecule has 1 aromatic carbocycles. The van der Waals surface area contributed by atoms with Crippen molar-refractivity contribution in [3.8, 4) is 11.5 Å². The number of aromatic nitrogens is 3. The van der Waals surface area contributed by atoms with E-state index < -0.39 is 23.7 Å². The van der Waals surface area contributed by atoms with Gasteiger partial charge in [0.15, 0.2) is 11.6 Å². The van der Waals surface area contributed by atoms with Gasteiger partial charge in [0, 0.05) is 12.1 Å². The highest BCUT2D eigenvalue weighted by atomic mass is 19.4. The second-order valence-corrected chi connectivity index (χ2v) is 6.60. The SMILES string of the molecule is C[C@H](NC(=O)C1=CC(N)=NCN1)c1cc(-c2nc3ccc(C(F)(F)F)cc3[nH]2)no1. The maximum absolute atomic E-state index is 12.9. The summed E-state index contributed by atoms with van der Waals surface area (Å²) in [6.45, 7) is 1.89. The van der Waals surface area contributed by atoms with E-state index in [9.17, 15) is 18.0 Å². The van der Waals surface area contributed by atoms with Crippen LogP contribution < -0.4 is 16.4 Å². The molecule has 1 atom stereocenters. The van der Waals surface area contributed by atoms with Crippen LogP contribution in [-0.2, 0) is 11.0 Å². The van der Waals surface area contributed by atoms with Gasteiger partial charge in [-0.1, -0.05) is 5.16 Å². The molecule has 0 fully saturated rings. The Morgan fingerprint density at radius 1 is 1.33 bits per heavy atom. The van der Waals surface area contributed by atoms with Crippen molar-refractivity contribution in [3.63, 3.8) is 0 Å². The number of carbonyl (C=O) groups excluding carboxylic acids is 1. The molecule has 5 N–H and O–H groups in total. The Morgan fingerprint density at radius 2 is 2.13 bits per heavy atom. The number of rotatable bonds is 4. The van der Waals surface area contributed by atoms with Crippen molar-refractivity contribution in [2.24, 2.45) is 10.7 Å². The maximum Gasteiger partial charge on any atom is 0.416 e. The lowest BCUT2D eigenvalue weighted by molar-refractivity contribution is -0.137. The smallest absolute Gasteiger partial charge is 0.384 e. The summed E-state index contributed by atoms with van der Waals surface area (Å²) in [6, 6.07) is 4.23. The third-order valence-electron chi connectivity index (χ3n) is 4.42. The van der Waals surface area contributed by atoms with Gasteiger partial charge in [-0.15, -0.1) is 0 Å². The Bertz CT molecular complexity index is 1180. The summed E-state index contributed by atoms with van der Waals surface area (Å²) < 4.78 is 43.9. The third-order valence-corrected chi connectivity index (χ3v) is 4.42. The Morgan fingerprint density at radius 3 is 2.87 bits per heavy atom. The van der Waals surface area contributed by atoms with Gasteiger partial charge in [0.05, 0.1) is 22.6 Å². The molecule has 3 aromatic rings. The summed E-state index contributed by atoms with van der Waals surface area (Å²) in [5.41, 5.74) is 5.96. The number of amides is 1. The van der Waals surface area contributed by atoms with E-state index in [1.54, 1.807) is 13.0 Å². The van der Waals surface area contributed by atoms with Gasteiger partial charge in [0.1, 0.15) is 23.9 Å².